The summed E-state index contributed by atoms with van der Waals surface area (Å²) in [4.78, 5) is 10.1. The van der Waals surface area contributed by atoms with Crippen molar-refractivity contribution in [3.63, 3.8) is 0 Å². The summed E-state index contributed by atoms with van der Waals surface area (Å²) in [6.07, 6.45) is -0.436. The van der Waals surface area contributed by atoms with Crippen molar-refractivity contribution in [3.8, 4) is 0 Å². The van der Waals surface area contributed by atoms with E-state index in [1.54, 1.807) is 10.8 Å². The summed E-state index contributed by atoms with van der Waals surface area (Å²) in [6, 6.07) is 9.41. The molecule has 1 aliphatic rings. The van der Waals surface area contributed by atoms with Crippen LogP contribution < -0.4 is 15.4 Å². The molecule has 1 fully saturated rings. The van der Waals surface area contributed by atoms with Crippen LogP contribution in [0.3, 0.4) is 0 Å². The van der Waals surface area contributed by atoms with E-state index in [1.165, 1.54) is 24.3 Å². The Kier molecular flexibility index (Phi) is 7.31. The van der Waals surface area contributed by atoms with E-state index >= 15 is 0 Å². The average molecular weight is 508 g/mol. The van der Waals surface area contributed by atoms with E-state index in [0.29, 0.717) is 25.8 Å². The number of carbonyl (C=O) groups excluding carboxylic acids is 1. The number of nitrogens with one attached hydrogen (secondary N) is 3. The van der Waals surface area contributed by atoms with Crippen LogP contribution in [0.1, 0.15) is 10.4 Å². The lowest BCUT2D eigenvalue weighted by molar-refractivity contribution is -0.0435. The van der Waals surface area contributed by atoms with Gasteiger partial charge in [-0.3, -0.25) is 4.79 Å². The highest BCUT2D eigenvalue weighted by molar-refractivity contribution is 7.92. The molecule has 1 amide bonds. The van der Waals surface area contributed by atoms with Gasteiger partial charge < -0.3 is 15.4 Å². The number of sulfone groups is 1. The highest BCUT2D eigenvalue weighted by Gasteiger charge is 2.48. The van der Waals surface area contributed by atoms with Gasteiger partial charge >= 0.3 is 5.51 Å². The number of hydrogen-bond donors (Lipinski definition) is 3. The second-order valence-corrected chi connectivity index (χ2v) is 10.6. The minimum Gasteiger partial charge on any atom is -0.381 e. The quantitative estimate of drug-likeness (QED) is 0.514. The highest BCUT2D eigenvalue weighted by atomic mass is 32.2. The largest absolute Gasteiger partial charge is 0.501 e. The number of ether oxygens (including phenoxy) is 1. The maximum Gasteiger partial charge on any atom is 0.501 e. The molecule has 33 heavy (non-hydrogen) atoms. The fourth-order valence-electron chi connectivity index (χ4n) is 2.97. The van der Waals surface area contributed by atoms with E-state index in [4.69, 9.17) is 4.74 Å². The van der Waals surface area contributed by atoms with Crippen LogP contribution in [-0.2, 0) is 24.6 Å². The zero-order chi connectivity index (χ0) is 24.3. The number of morpholine rings is 1. The summed E-state index contributed by atoms with van der Waals surface area (Å²) in [6.45, 7) is 1.35. The number of rotatable bonds is 7. The molecule has 0 aromatic heterocycles. The van der Waals surface area contributed by atoms with Crippen LogP contribution >= 0.6 is 0 Å². The highest BCUT2D eigenvalue weighted by Crippen LogP contribution is 2.35. The molecular weight excluding hydrogens is 487 g/mol. The molecule has 1 heterocycles. The second-order valence-electron chi connectivity index (χ2n) is 6.99. The van der Waals surface area contributed by atoms with Gasteiger partial charge in [0.05, 0.1) is 23.3 Å². The lowest BCUT2D eigenvalue weighted by atomic mass is 10.2. The number of hydrogen-bond acceptors (Lipinski definition) is 8. The molecule has 1 unspecified atom stereocenters. The molecule has 0 aliphatic carbocycles. The first-order valence-corrected chi connectivity index (χ1v) is 12.5. The van der Waals surface area contributed by atoms with Crippen LogP contribution in [0.4, 0.5) is 18.9 Å². The Hall–Kier alpha value is -2.68. The molecule has 14 heteroatoms. The maximum absolute atomic E-state index is 13.3. The molecule has 1 aliphatic heterocycles. The van der Waals surface area contributed by atoms with Crippen molar-refractivity contribution in [2.75, 3.05) is 31.6 Å². The number of benzene rings is 2. The van der Waals surface area contributed by atoms with Crippen molar-refractivity contribution in [1.29, 1.82) is 0 Å². The van der Waals surface area contributed by atoms with Gasteiger partial charge in [-0.25, -0.2) is 21.6 Å². The normalized spacial score (nSPS) is 17.4. The summed E-state index contributed by atoms with van der Waals surface area (Å²) < 4.78 is 96.5. The van der Waals surface area contributed by atoms with Crippen LogP contribution in [0.25, 0.3) is 0 Å². The topological polar surface area (TPSA) is 131 Å². The molecule has 1 atom stereocenters. The van der Waals surface area contributed by atoms with Gasteiger partial charge in [-0.15, -0.1) is 0 Å². The van der Waals surface area contributed by atoms with E-state index in [9.17, 15) is 34.8 Å². The molecular formula is C19H20F3N3O6S2. The molecule has 2 aromatic carbocycles. The first-order valence-electron chi connectivity index (χ1n) is 9.55. The number of amides is 1. The molecule has 0 spiro atoms. The lowest BCUT2D eigenvalue weighted by Crippen LogP contribution is -2.42. The Morgan fingerprint density at radius 2 is 1.79 bits per heavy atom. The number of sulfonamides is 1. The van der Waals surface area contributed by atoms with Gasteiger partial charge in [-0.05, 0) is 30.3 Å². The van der Waals surface area contributed by atoms with Crippen molar-refractivity contribution >= 4 is 31.5 Å². The number of anilines is 1. The Labute approximate surface area is 188 Å². The molecule has 9 nitrogen and oxygen atoms in total. The summed E-state index contributed by atoms with van der Waals surface area (Å²) in [7, 11) is -10.6. The van der Waals surface area contributed by atoms with E-state index in [1.807, 2.05) is 0 Å². The number of alkyl halides is 3. The molecule has 1 saturated heterocycles. The fraction of sp³-hybridized carbons (Fsp3) is 0.316. The van der Waals surface area contributed by atoms with Gasteiger partial charge in [0.1, 0.15) is 4.90 Å². The second kappa shape index (κ2) is 9.67. The first-order chi connectivity index (χ1) is 15.4. The van der Waals surface area contributed by atoms with E-state index < -0.39 is 52.9 Å². The smallest absolute Gasteiger partial charge is 0.381 e. The Balaban J connectivity index is 1.94. The van der Waals surface area contributed by atoms with Crippen LogP contribution in [-0.4, -0.2) is 60.6 Å². The molecule has 0 radical (unpaired) electrons. The van der Waals surface area contributed by atoms with Gasteiger partial charge in [-0.1, -0.05) is 18.2 Å². The van der Waals surface area contributed by atoms with Gasteiger partial charge in [0.15, 0.2) is 0 Å². The Morgan fingerprint density at radius 3 is 2.39 bits per heavy atom. The maximum atomic E-state index is 13.3. The summed E-state index contributed by atoms with van der Waals surface area (Å²) >= 11 is 0. The summed E-state index contributed by atoms with van der Waals surface area (Å²) in [5.41, 5.74) is -6.14. The monoisotopic (exact) mass is 507 g/mol. The standard InChI is InChI=1S/C19H20F3N3O6S2/c20-19(21,22)32(27,28)17-10-15(6-7-16(17)24-12-14-11-23-8-9-31-14)33(29,30)25-18(26)13-4-2-1-3-5-13/h1-7,10,14,23-24H,8-9,11-12H2,(H,25,26). The van der Waals surface area contributed by atoms with Crippen molar-refractivity contribution in [3.05, 3.63) is 54.1 Å². The SMILES string of the molecule is O=C(NS(=O)(=O)c1ccc(NCC2CNCCO2)c(S(=O)(=O)C(F)(F)F)c1)c1ccccc1. The summed E-state index contributed by atoms with van der Waals surface area (Å²) in [5.74, 6) is -1.03. The van der Waals surface area contributed by atoms with E-state index in [-0.39, 0.29) is 12.1 Å². The first kappa shape index (κ1) is 25.0. The van der Waals surface area contributed by atoms with E-state index in [2.05, 4.69) is 10.6 Å². The third-order valence-corrected chi connectivity index (χ3v) is 7.50. The van der Waals surface area contributed by atoms with Gasteiger partial charge in [-0.2, -0.15) is 13.2 Å². The molecule has 3 rings (SSSR count). The van der Waals surface area contributed by atoms with Crippen molar-refractivity contribution in [2.45, 2.75) is 21.4 Å². The number of halogens is 3. The third kappa shape index (κ3) is 5.82. The lowest BCUT2D eigenvalue weighted by Gasteiger charge is -2.25. The van der Waals surface area contributed by atoms with Crippen molar-refractivity contribution < 1.29 is 39.5 Å². The van der Waals surface area contributed by atoms with Gasteiger partial charge in [0, 0.05) is 25.2 Å². The number of carbonyl (C=O) groups is 1. The van der Waals surface area contributed by atoms with Crippen LogP contribution in [0.2, 0.25) is 0 Å². The molecule has 0 saturated carbocycles. The molecule has 180 valence electrons. The van der Waals surface area contributed by atoms with Gasteiger partial charge in [0.25, 0.3) is 25.8 Å². The van der Waals surface area contributed by atoms with E-state index in [0.717, 1.165) is 12.1 Å². The van der Waals surface area contributed by atoms with Crippen LogP contribution in [0.5, 0.6) is 0 Å². The molecule has 0 bridgehead atoms. The van der Waals surface area contributed by atoms with Crippen LogP contribution in [0, 0.1) is 0 Å². The van der Waals surface area contributed by atoms with Crippen molar-refractivity contribution in [1.82, 2.24) is 10.0 Å². The minimum absolute atomic E-state index is 0.0106. The Morgan fingerprint density at radius 1 is 1.09 bits per heavy atom. The zero-order valence-corrected chi connectivity index (χ0v) is 18.6. The fourth-order valence-corrected chi connectivity index (χ4v) is 5.00. The predicted molar refractivity (Wildman–Crippen MR) is 112 cm³/mol. The minimum atomic E-state index is -5.92. The zero-order valence-electron chi connectivity index (χ0n) is 16.9. The molecule has 3 N–H and O–H groups in total. The predicted octanol–water partition coefficient (Wildman–Crippen LogP) is 1.50. The third-order valence-electron chi connectivity index (χ3n) is 4.65. The van der Waals surface area contributed by atoms with Gasteiger partial charge in [0.2, 0.25) is 0 Å². The Bertz CT molecular complexity index is 1210. The average Bonchev–Trinajstić information content (AvgIpc) is 2.77. The van der Waals surface area contributed by atoms with Crippen molar-refractivity contribution in [2.24, 2.45) is 0 Å². The van der Waals surface area contributed by atoms with Crippen LogP contribution in [0.15, 0.2) is 58.3 Å². The molecule has 2 aromatic rings. The summed E-state index contributed by atoms with van der Waals surface area (Å²) in [5, 5.41) is 5.60.